The maximum atomic E-state index is 11.8. The maximum Gasteiger partial charge on any atom is 0.328 e. The van der Waals surface area contributed by atoms with E-state index in [1.807, 2.05) is 31.2 Å². The summed E-state index contributed by atoms with van der Waals surface area (Å²) in [7, 11) is 0. The van der Waals surface area contributed by atoms with E-state index >= 15 is 0 Å². The molecule has 1 aromatic carbocycles. The number of hydrogen-bond acceptors (Lipinski definition) is 4. The second-order valence-corrected chi connectivity index (χ2v) is 7.01. The molecule has 2 rings (SSSR count). The van der Waals surface area contributed by atoms with Crippen molar-refractivity contribution in [3.05, 3.63) is 52.4 Å². The van der Waals surface area contributed by atoms with E-state index in [1.165, 1.54) is 16.9 Å². The van der Waals surface area contributed by atoms with Gasteiger partial charge in [-0.1, -0.05) is 38.1 Å². The summed E-state index contributed by atoms with van der Waals surface area (Å²) >= 11 is 1.30. The molecule has 128 valence electrons. The third-order valence-corrected chi connectivity index (χ3v) is 4.70. The number of rotatable bonds is 5. The Balaban J connectivity index is 2.38. The predicted molar refractivity (Wildman–Crippen MR) is 98.7 cm³/mol. The lowest BCUT2D eigenvalue weighted by Crippen LogP contribution is -2.08. The molecule has 0 fully saturated rings. The Morgan fingerprint density at radius 3 is 2.40 bits per heavy atom. The Hall–Kier alpha value is -2.91. The van der Waals surface area contributed by atoms with Gasteiger partial charge in [-0.3, -0.25) is 4.79 Å². The summed E-state index contributed by atoms with van der Waals surface area (Å²) in [6, 6.07) is 10.2. The summed E-state index contributed by atoms with van der Waals surface area (Å²) in [5.74, 6) is -1.37. The van der Waals surface area contributed by atoms with E-state index in [9.17, 15) is 14.9 Å². The zero-order chi connectivity index (χ0) is 18.6. The number of carboxylic acid groups (broad SMARTS) is 1. The van der Waals surface area contributed by atoms with Crippen molar-refractivity contribution in [2.75, 3.05) is 5.32 Å². The van der Waals surface area contributed by atoms with Crippen molar-refractivity contribution in [1.82, 2.24) is 0 Å². The van der Waals surface area contributed by atoms with Gasteiger partial charge in [0.1, 0.15) is 11.1 Å². The SMILES string of the molecule is Cc1sc(NC(=O)/C=C/C(=O)O)c(C#N)c1-c1ccc(C(C)C)cc1. The molecular weight excluding hydrogens is 336 g/mol. The molecule has 1 heterocycles. The largest absolute Gasteiger partial charge is 0.478 e. The maximum absolute atomic E-state index is 11.8. The number of hydrogen-bond donors (Lipinski definition) is 2. The predicted octanol–water partition coefficient (Wildman–Crippen LogP) is 4.30. The topological polar surface area (TPSA) is 90.2 Å². The van der Waals surface area contributed by atoms with Crippen molar-refractivity contribution in [1.29, 1.82) is 5.26 Å². The van der Waals surface area contributed by atoms with E-state index in [0.717, 1.165) is 28.2 Å². The standard InChI is InChI=1S/C19H18N2O3S/c1-11(2)13-4-6-14(7-5-13)18-12(3)25-19(15(18)10-20)21-16(22)8-9-17(23)24/h4-9,11H,1-3H3,(H,21,22)(H,23,24)/b9-8+. The highest BCUT2D eigenvalue weighted by molar-refractivity contribution is 7.17. The molecule has 0 aliphatic rings. The number of anilines is 1. The Bertz CT molecular complexity index is 871. The molecule has 0 aliphatic carbocycles. The van der Waals surface area contributed by atoms with Crippen LogP contribution in [0.3, 0.4) is 0 Å². The van der Waals surface area contributed by atoms with E-state index in [0.29, 0.717) is 16.5 Å². The van der Waals surface area contributed by atoms with Crippen LogP contribution in [0.1, 0.15) is 35.8 Å². The van der Waals surface area contributed by atoms with Crippen LogP contribution in [0.2, 0.25) is 0 Å². The van der Waals surface area contributed by atoms with Gasteiger partial charge in [-0.15, -0.1) is 11.3 Å². The third kappa shape index (κ3) is 4.34. The lowest BCUT2D eigenvalue weighted by Gasteiger charge is -2.07. The van der Waals surface area contributed by atoms with E-state index in [2.05, 4.69) is 25.2 Å². The van der Waals surface area contributed by atoms with Crippen molar-refractivity contribution in [3.63, 3.8) is 0 Å². The average molecular weight is 354 g/mol. The van der Waals surface area contributed by atoms with Gasteiger partial charge in [-0.05, 0) is 24.0 Å². The first-order chi connectivity index (χ1) is 11.8. The second-order valence-electron chi connectivity index (χ2n) is 5.79. The van der Waals surface area contributed by atoms with Crippen LogP contribution in [0.4, 0.5) is 5.00 Å². The number of aliphatic carboxylic acids is 1. The van der Waals surface area contributed by atoms with Gasteiger partial charge in [-0.2, -0.15) is 5.26 Å². The lowest BCUT2D eigenvalue weighted by molar-refractivity contribution is -0.131. The van der Waals surface area contributed by atoms with Crippen molar-refractivity contribution >= 4 is 28.2 Å². The molecule has 5 nitrogen and oxygen atoms in total. The fourth-order valence-corrected chi connectivity index (χ4v) is 3.45. The number of nitrogens with one attached hydrogen (secondary N) is 1. The quantitative estimate of drug-likeness (QED) is 0.783. The normalized spacial score (nSPS) is 10.8. The zero-order valence-corrected chi connectivity index (χ0v) is 15.0. The van der Waals surface area contributed by atoms with Crippen LogP contribution in [0.5, 0.6) is 0 Å². The number of amides is 1. The minimum Gasteiger partial charge on any atom is -0.478 e. The minimum absolute atomic E-state index is 0.386. The van der Waals surface area contributed by atoms with Crippen molar-refractivity contribution in [3.8, 4) is 17.2 Å². The Morgan fingerprint density at radius 2 is 1.88 bits per heavy atom. The number of nitrogens with zero attached hydrogens (tertiary/aromatic N) is 1. The number of carbonyl (C=O) groups excluding carboxylic acids is 1. The third-order valence-electron chi connectivity index (χ3n) is 3.68. The monoisotopic (exact) mass is 354 g/mol. The average Bonchev–Trinajstić information content (AvgIpc) is 2.88. The number of benzene rings is 1. The number of thiophene rings is 1. The van der Waals surface area contributed by atoms with Gasteiger partial charge in [0.15, 0.2) is 0 Å². The highest BCUT2D eigenvalue weighted by Gasteiger charge is 2.18. The first-order valence-corrected chi connectivity index (χ1v) is 8.51. The van der Waals surface area contributed by atoms with Crippen LogP contribution in [0, 0.1) is 18.3 Å². The summed E-state index contributed by atoms with van der Waals surface area (Å²) in [5, 5.41) is 21.1. The van der Waals surface area contributed by atoms with Gasteiger partial charge < -0.3 is 10.4 Å². The zero-order valence-electron chi connectivity index (χ0n) is 14.2. The van der Waals surface area contributed by atoms with E-state index < -0.39 is 11.9 Å². The second kappa shape index (κ2) is 7.77. The summed E-state index contributed by atoms with van der Waals surface area (Å²) in [5.41, 5.74) is 3.30. The molecule has 0 atom stereocenters. The summed E-state index contributed by atoms with van der Waals surface area (Å²) in [4.78, 5) is 23.2. The van der Waals surface area contributed by atoms with Crippen molar-refractivity contribution < 1.29 is 14.7 Å². The van der Waals surface area contributed by atoms with Gasteiger partial charge in [-0.25, -0.2) is 4.79 Å². The highest BCUT2D eigenvalue weighted by atomic mass is 32.1. The van der Waals surface area contributed by atoms with E-state index in [-0.39, 0.29) is 0 Å². The summed E-state index contributed by atoms with van der Waals surface area (Å²) < 4.78 is 0. The molecular formula is C19H18N2O3S. The molecule has 0 aliphatic heterocycles. The molecule has 0 saturated carbocycles. The van der Waals surface area contributed by atoms with Gasteiger partial charge in [0.25, 0.3) is 0 Å². The molecule has 2 aromatic rings. The highest BCUT2D eigenvalue weighted by Crippen LogP contribution is 2.39. The Kier molecular flexibility index (Phi) is 5.73. The van der Waals surface area contributed by atoms with Gasteiger partial charge in [0.05, 0.1) is 5.56 Å². The number of aryl methyl sites for hydroxylation is 1. The first kappa shape index (κ1) is 18.4. The number of carbonyl (C=O) groups is 2. The molecule has 0 bridgehead atoms. The molecule has 0 saturated heterocycles. The number of nitriles is 1. The van der Waals surface area contributed by atoms with Crippen molar-refractivity contribution in [2.45, 2.75) is 26.7 Å². The number of carboxylic acids is 1. The van der Waals surface area contributed by atoms with Crippen LogP contribution < -0.4 is 5.32 Å². The fraction of sp³-hybridized carbons (Fsp3) is 0.211. The van der Waals surface area contributed by atoms with Crippen molar-refractivity contribution in [2.24, 2.45) is 0 Å². The van der Waals surface area contributed by atoms with Gasteiger partial charge in [0.2, 0.25) is 5.91 Å². The molecule has 25 heavy (non-hydrogen) atoms. The van der Waals surface area contributed by atoms with E-state index in [4.69, 9.17) is 5.11 Å². The Labute approximate surface area is 150 Å². The molecule has 1 aromatic heterocycles. The summed E-state index contributed by atoms with van der Waals surface area (Å²) in [6.07, 6.45) is 1.68. The Morgan fingerprint density at radius 1 is 1.24 bits per heavy atom. The molecule has 1 amide bonds. The molecule has 2 N–H and O–H groups in total. The fourth-order valence-electron chi connectivity index (χ4n) is 2.42. The summed E-state index contributed by atoms with van der Waals surface area (Å²) in [6.45, 7) is 6.12. The van der Waals surface area contributed by atoms with Crippen LogP contribution in [-0.2, 0) is 9.59 Å². The van der Waals surface area contributed by atoms with Crippen LogP contribution in [0.15, 0.2) is 36.4 Å². The van der Waals surface area contributed by atoms with E-state index in [1.54, 1.807) is 0 Å². The van der Waals surface area contributed by atoms with Crippen LogP contribution >= 0.6 is 11.3 Å². The molecule has 0 unspecified atom stereocenters. The van der Waals surface area contributed by atoms with Crippen LogP contribution in [-0.4, -0.2) is 17.0 Å². The minimum atomic E-state index is -1.20. The molecule has 0 spiro atoms. The molecule has 6 heteroatoms. The molecule has 0 radical (unpaired) electrons. The van der Waals surface area contributed by atoms with Gasteiger partial charge in [0, 0.05) is 22.6 Å². The van der Waals surface area contributed by atoms with Crippen LogP contribution in [0.25, 0.3) is 11.1 Å². The van der Waals surface area contributed by atoms with Gasteiger partial charge >= 0.3 is 5.97 Å². The lowest BCUT2D eigenvalue weighted by atomic mass is 9.97. The first-order valence-electron chi connectivity index (χ1n) is 7.69. The smallest absolute Gasteiger partial charge is 0.328 e.